The molecule has 0 amide bonds. The van der Waals surface area contributed by atoms with Gasteiger partial charge in [0, 0.05) is 11.2 Å². The fraction of sp³-hybridized carbons (Fsp3) is 0.211. The number of ether oxygens (including phenoxy) is 2. The van der Waals surface area contributed by atoms with Crippen LogP contribution in [-0.4, -0.2) is 30.6 Å². The maximum absolute atomic E-state index is 12.8. The number of nitrogens with zero attached hydrogens (tertiary/aromatic N) is 2. The number of thioether (sulfide) groups is 1. The number of methoxy groups -OCH3 is 2. The van der Waals surface area contributed by atoms with Gasteiger partial charge in [-0.25, -0.2) is 0 Å². The number of rotatable bonds is 4. The van der Waals surface area contributed by atoms with E-state index in [1.807, 2.05) is 48.7 Å². The molecule has 0 radical (unpaired) electrons. The van der Waals surface area contributed by atoms with Gasteiger partial charge in [-0.1, -0.05) is 23.9 Å². The van der Waals surface area contributed by atoms with Crippen molar-refractivity contribution in [3.8, 4) is 22.8 Å². The van der Waals surface area contributed by atoms with Gasteiger partial charge in [0.05, 0.1) is 31.0 Å². The molecule has 2 N–H and O–H groups in total. The molecule has 0 saturated carbocycles. The zero-order valence-electron chi connectivity index (χ0n) is 15.1. The van der Waals surface area contributed by atoms with Gasteiger partial charge in [0.2, 0.25) is 5.16 Å². The number of hydrogen-bond donors (Lipinski definition) is 2. The molecule has 0 saturated heterocycles. The highest BCUT2D eigenvalue weighted by molar-refractivity contribution is 7.98. The molecule has 2 aromatic carbocycles. The van der Waals surface area contributed by atoms with Crippen LogP contribution in [0.3, 0.4) is 0 Å². The molecular formula is C19H19N4O3S+. The Morgan fingerprint density at radius 2 is 1.96 bits per heavy atom. The minimum atomic E-state index is -0.399. The first-order valence-corrected chi connectivity index (χ1v) is 9.56. The summed E-state index contributed by atoms with van der Waals surface area (Å²) in [5, 5.41) is 8.66. The van der Waals surface area contributed by atoms with E-state index >= 15 is 0 Å². The maximum atomic E-state index is 12.8. The Kier molecular flexibility index (Phi) is 4.49. The molecule has 0 unspecified atom stereocenters. The van der Waals surface area contributed by atoms with Gasteiger partial charge in [0.25, 0.3) is 6.17 Å². The summed E-state index contributed by atoms with van der Waals surface area (Å²) in [6.07, 6.45) is 1.47. The first-order chi connectivity index (χ1) is 13.2. The molecule has 138 valence electrons. The Morgan fingerprint density at radius 3 is 2.70 bits per heavy atom. The van der Waals surface area contributed by atoms with Crippen LogP contribution in [0.4, 0.5) is 5.69 Å². The minimum absolute atomic E-state index is 0.180. The van der Waals surface area contributed by atoms with E-state index in [4.69, 9.17) is 9.47 Å². The number of H-pyrrole nitrogens is 1. The maximum Gasteiger partial charge on any atom is 0.325 e. The lowest BCUT2D eigenvalue weighted by atomic mass is 10.0. The van der Waals surface area contributed by atoms with Crippen LogP contribution in [0.25, 0.3) is 11.3 Å². The molecule has 7 nitrogen and oxygen atoms in total. The van der Waals surface area contributed by atoms with Crippen LogP contribution < -0.4 is 25.0 Å². The van der Waals surface area contributed by atoms with E-state index in [0.717, 1.165) is 16.8 Å². The van der Waals surface area contributed by atoms with Gasteiger partial charge < -0.3 is 14.8 Å². The third-order valence-corrected chi connectivity index (χ3v) is 5.08. The molecule has 0 bridgehead atoms. The fourth-order valence-corrected chi connectivity index (χ4v) is 3.60. The van der Waals surface area contributed by atoms with Crippen LogP contribution in [0.5, 0.6) is 11.5 Å². The van der Waals surface area contributed by atoms with Crippen molar-refractivity contribution >= 4 is 17.4 Å². The highest BCUT2D eigenvalue weighted by atomic mass is 32.2. The summed E-state index contributed by atoms with van der Waals surface area (Å²) in [5.74, 6) is 1.35. The van der Waals surface area contributed by atoms with E-state index in [1.54, 1.807) is 18.9 Å². The summed E-state index contributed by atoms with van der Waals surface area (Å²) in [7, 11) is 3.22. The summed E-state index contributed by atoms with van der Waals surface area (Å²) >= 11 is 1.38. The Morgan fingerprint density at radius 1 is 1.15 bits per heavy atom. The smallest absolute Gasteiger partial charge is 0.325 e. The van der Waals surface area contributed by atoms with E-state index in [-0.39, 0.29) is 5.56 Å². The molecule has 8 heteroatoms. The van der Waals surface area contributed by atoms with Gasteiger partial charge in [0.1, 0.15) is 11.5 Å². The molecule has 1 aliphatic rings. The Balaban J connectivity index is 1.97. The predicted molar refractivity (Wildman–Crippen MR) is 104 cm³/mol. The van der Waals surface area contributed by atoms with E-state index < -0.39 is 6.17 Å². The van der Waals surface area contributed by atoms with Crippen molar-refractivity contribution in [2.75, 3.05) is 25.8 Å². The fourth-order valence-electron chi connectivity index (χ4n) is 3.24. The third-order valence-electron chi connectivity index (χ3n) is 4.51. The molecule has 0 fully saturated rings. The second-order valence-corrected chi connectivity index (χ2v) is 6.75. The average molecular weight is 383 g/mol. The van der Waals surface area contributed by atoms with Gasteiger partial charge in [-0.2, -0.15) is 0 Å². The number of aromatic nitrogens is 3. The molecule has 0 aliphatic carbocycles. The lowest BCUT2D eigenvalue weighted by molar-refractivity contribution is -0.759. The lowest BCUT2D eigenvalue weighted by Crippen LogP contribution is -2.55. The van der Waals surface area contributed by atoms with E-state index in [9.17, 15) is 4.79 Å². The first-order valence-electron chi connectivity index (χ1n) is 8.34. The topological polar surface area (TPSA) is 80.1 Å². The van der Waals surface area contributed by atoms with Crippen LogP contribution >= 0.6 is 11.8 Å². The van der Waals surface area contributed by atoms with Gasteiger partial charge in [-0.3, -0.25) is 9.78 Å². The zero-order valence-corrected chi connectivity index (χ0v) is 16.0. The standard InChI is InChI=1S/C19H18N4O3S/c1-25-11-8-9-13(15(10-11)26-2)17-20-14-7-5-4-6-12(14)16-18(24)21-19(27-3)22-23(16)17/h4-10,17H,1-3H3,(H,21,22,24)/p+1/t17-/m0/s1. The van der Waals surface area contributed by atoms with Crippen LogP contribution in [0.2, 0.25) is 0 Å². The molecule has 1 aliphatic heterocycles. The summed E-state index contributed by atoms with van der Waals surface area (Å²) < 4.78 is 12.6. The zero-order chi connectivity index (χ0) is 19.0. The monoisotopic (exact) mass is 383 g/mol. The van der Waals surface area contributed by atoms with Gasteiger partial charge in [-0.05, 0) is 35.2 Å². The van der Waals surface area contributed by atoms with Crippen LogP contribution in [-0.2, 0) is 0 Å². The molecule has 1 aromatic heterocycles. The van der Waals surface area contributed by atoms with Crippen molar-refractivity contribution in [3.63, 3.8) is 0 Å². The predicted octanol–water partition coefficient (Wildman–Crippen LogP) is 2.44. The van der Waals surface area contributed by atoms with E-state index in [0.29, 0.717) is 22.3 Å². The van der Waals surface area contributed by atoms with E-state index in [2.05, 4.69) is 15.4 Å². The summed E-state index contributed by atoms with van der Waals surface area (Å²) in [5.41, 5.74) is 2.85. The summed E-state index contributed by atoms with van der Waals surface area (Å²) in [6.45, 7) is 0. The minimum Gasteiger partial charge on any atom is -0.497 e. The molecule has 4 rings (SSSR count). The summed E-state index contributed by atoms with van der Waals surface area (Å²) in [6, 6.07) is 13.3. The highest BCUT2D eigenvalue weighted by Crippen LogP contribution is 2.35. The third kappa shape index (κ3) is 2.91. The van der Waals surface area contributed by atoms with Crippen molar-refractivity contribution < 1.29 is 14.2 Å². The van der Waals surface area contributed by atoms with Crippen LogP contribution in [0.1, 0.15) is 11.7 Å². The second-order valence-electron chi connectivity index (χ2n) is 5.96. The number of hydrogen-bond acceptors (Lipinski definition) is 6. The van der Waals surface area contributed by atoms with Gasteiger partial charge in [-0.15, -0.1) is 0 Å². The molecule has 2 heterocycles. The number of aromatic amines is 1. The Labute approximate surface area is 160 Å². The van der Waals surface area contributed by atoms with Crippen LogP contribution in [0, 0.1) is 0 Å². The van der Waals surface area contributed by atoms with Crippen molar-refractivity contribution in [3.05, 3.63) is 58.4 Å². The van der Waals surface area contributed by atoms with Crippen molar-refractivity contribution in [2.24, 2.45) is 0 Å². The van der Waals surface area contributed by atoms with Gasteiger partial charge >= 0.3 is 11.3 Å². The lowest BCUT2D eigenvalue weighted by Gasteiger charge is -2.23. The Bertz CT molecular complexity index is 1070. The molecular weight excluding hydrogens is 364 g/mol. The molecule has 27 heavy (non-hydrogen) atoms. The SMILES string of the molecule is COc1ccc([C@H]2Nc3ccccc3-c3c(=O)[nH]c(SC)n[n+]32)c(OC)c1. The number of fused-ring (bicyclic) bond motifs is 3. The average Bonchev–Trinajstić information content (AvgIpc) is 2.72. The van der Waals surface area contributed by atoms with Crippen LogP contribution in [0.15, 0.2) is 52.4 Å². The molecule has 1 atom stereocenters. The largest absolute Gasteiger partial charge is 0.497 e. The van der Waals surface area contributed by atoms with Crippen molar-refractivity contribution in [1.29, 1.82) is 0 Å². The Hall–Kier alpha value is -3.00. The molecule has 0 spiro atoms. The molecule has 3 aromatic rings. The van der Waals surface area contributed by atoms with Crippen molar-refractivity contribution in [1.82, 2.24) is 10.1 Å². The number of para-hydroxylation sites is 1. The number of nitrogens with one attached hydrogen (secondary N) is 2. The highest BCUT2D eigenvalue weighted by Gasteiger charge is 2.39. The number of benzene rings is 2. The second kappa shape index (κ2) is 6.96. The quantitative estimate of drug-likeness (QED) is 0.532. The first kappa shape index (κ1) is 17.4. The normalized spacial score (nSPS) is 14.7. The van der Waals surface area contributed by atoms with Gasteiger partial charge in [0.15, 0.2) is 0 Å². The summed E-state index contributed by atoms with van der Waals surface area (Å²) in [4.78, 5) is 15.7. The van der Waals surface area contributed by atoms with Crippen molar-refractivity contribution in [2.45, 2.75) is 11.3 Å². The number of anilines is 1. The van der Waals surface area contributed by atoms with E-state index in [1.165, 1.54) is 11.8 Å².